The highest BCUT2D eigenvalue weighted by atomic mass is 19.3. The number of alkyl halides is 2. The minimum atomic E-state index is -2.71. The summed E-state index contributed by atoms with van der Waals surface area (Å²) in [6.07, 6.45) is 0.776. The molecule has 0 aromatic carbocycles. The summed E-state index contributed by atoms with van der Waals surface area (Å²) in [7, 11) is 0. The predicted octanol–water partition coefficient (Wildman–Crippen LogP) is 6.16. The summed E-state index contributed by atoms with van der Waals surface area (Å²) in [6, 6.07) is 0. The third-order valence-corrected chi connectivity index (χ3v) is 4.39. The molecular formula is C16H32F2. The van der Waals surface area contributed by atoms with Gasteiger partial charge in [-0.05, 0) is 17.3 Å². The molecule has 0 atom stereocenters. The van der Waals surface area contributed by atoms with Gasteiger partial charge in [-0.25, -0.2) is 8.78 Å². The molecule has 0 amide bonds. The van der Waals surface area contributed by atoms with Gasteiger partial charge in [0.2, 0.25) is 0 Å². The number of hydrogen-bond acceptors (Lipinski definition) is 0. The van der Waals surface area contributed by atoms with Crippen molar-refractivity contribution in [1.82, 2.24) is 0 Å². The smallest absolute Gasteiger partial charge is 0.206 e. The average molecular weight is 262 g/mol. The molecule has 0 aromatic rings. The van der Waals surface area contributed by atoms with Gasteiger partial charge >= 0.3 is 0 Å². The molecule has 0 aromatic heterocycles. The quantitative estimate of drug-likeness (QED) is 0.571. The molecule has 2 heteroatoms. The normalized spacial score (nSPS) is 16.0. The van der Waals surface area contributed by atoms with E-state index in [1.807, 2.05) is 13.8 Å². The van der Waals surface area contributed by atoms with Crippen LogP contribution in [-0.4, -0.2) is 5.92 Å². The van der Waals surface area contributed by atoms with Crippen LogP contribution in [0, 0.1) is 21.7 Å². The second-order valence-corrected chi connectivity index (χ2v) is 9.07. The van der Waals surface area contributed by atoms with Crippen LogP contribution in [-0.2, 0) is 0 Å². The lowest BCUT2D eigenvalue weighted by Crippen LogP contribution is -2.54. The summed E-state index contributed by atoms with van der Waals surface area (Å²) in [5.74, 6) is -2.71. The Morgan fingerprint density at radius 3 is 1.22 bits per heavy atom. The molecule has 0 spiro atoms. The van der Waals surface area contributed by atoms with Crippen molar-refractivity contribution < 1.29 is 8.78 Å². The summed E-state index contributed by atoms with van der Waals surface area (Å²) in [5, 5.41) is 0. The van der Waals surface area contributed by atoms with Crippen molar-refractivity contribution in [3.05, 3.63) is 0 Å². The predicted molar refractivity (Wildman–Crippen MR) is 76.0 cm³/mol. The Morgan fingerprint density at radius 1 is 0.667 bits per heavy atom. The first-order valence-electron chi connectivity index (χ1n) is 6.84. The van der Waals surface area contributed by atoms with Crippen LogP contribution in [0.15, 0.2) is 0 Å². The zero-order valence-electron chi connectivity index (χ0n) is 14.0. The number of hydrogen-bond donors (Lipinski definition) is 0. The van der Waals surface area contributed by atoms with Crippen molar-refractivity contribution in [2.24, 2.45) is 21.7 Å². The van der Waals surface area contributed by atoms with E-state index >= 15 is 0 Å². The Balaban J connectivity index is 5.50. The van der Waals surface area contributed by atoms with Crippen LogP contribution in [0.5, 0.6) is 0 Å². The van der Waals surface area contributed by atoms with Gasteiger partial charge in [-0.15, -0.1) is 0 Å². The standard InChI is InChI=1S/C16H32F2/c1-12(2,3)11-14(7,8)15(9,10)16(17,18)13(4,5)6/h11H2,1-10H3. The highest BCUT2D eigenvalue weighted by molar-refractivity contribution is 5.02. The fourth-order valence-electron chi connectivity index (χ4n) is 2.91. The Morgan fingerprint density at radius 2 is 1.00 bits per heavy atom. The largest absolute Gasteiger partial charge is 0.258 e. The maximum absolute atomic E-state index is 14.8. The van der Waals surface area contributed by atoms with Crippen molar-refractivity contribution in [2.45, 2.75) is 81.6 Å². The Labute approximate surface area is 113 Å². The van der Waals surface area contributed by atoms with E-state index in [1.54, 1.807) is 34.6 Å². The Hall–Kier alpha value is -0.140. The van der Waals surface area contributed by atoms with Gasteiger partial charge in [0.15, 0.2) is 0 Å². The van der Waals surface area contributed by atoms with Crippen LogP contribution >= 0.6 is 0 Å². The summed E-state index contributed by atoms with van der Waals surface area (Å²) >= 11 is 0. The summed E-state index contributed by atoms with van der Waals surface area (Å²) in [6.45, 7) is 18.6. The van der Waals surface area contributed by atoms with Gasteiger partial charge in [-0.1, -0.05) is 69.2 Å². The van der Waals surface area contributed by atoms with Crippen molar-refractivity contribution >= 4 is 0 Å². The fourth-order valence-corrected chi connectivity index (χ4v) is 2.91. The molecule has 18 heavy (non-hydrogen) atoms. The first-order valence-corrected chi connectivity index (χ1v) is 6.84. The molecule has 0 aliphatic heterocycles. The molecule has 0 rings (SSSR count). The second-order valence-electron chi connectivity index (χ2n) is 9.07. The first-order chi connectivity index (χ1) is 7.46. The summed E-state index contributed by atoms with van der Waals surface area (Å²) < 4.78 is 29.6. The minimum absolute atomic E-state index is 0.0503. The Kier molecular flexibility index (Phi) is 4.42. The topological polar surface area (TPSA) is 0 Å². The van der Waals surface area contributed by atoms with Crippen molar-refractivity contribution in [3.8, 4) is 0 Å². The highest BCUT2D eigenvalue weighted by Gasteiger charge is 2.61. The van der Waals surface area contributed by atoms with E-state index in [-0.39, 0.29) is 5.41 Å². The molecule has 0 saturated carbocycles. The zero-order valence-corrected chi connectivity index (χ0v) is 14.0. The Bertz CT molecular complexity index is 285. The van der Waals surface area contributed by atoms with Gasteiger partial charge in [0.25, 0.3) is 5.92 Å². The molecule has 0 aliphatic rings. The molecule has 0 aliphatic carbocycles. The van der Waals surface area contributed by atoms with E-state index in [0.29, 0.717) is 0 Å². The van der Waals surface area contributed by atoms with Gasteiger partial charge in [0.05, 0.1) is 0 Å². The lowest BCUT2D eigenvalue weighted by molar-refractivity contribution is -0.223. The second kappa shape index (κ2) is 4.45. The summed E-state index contributed by atoms with van der Waals surface area (Å²) in [4.78, 5) is 0. The average Bonchev–Trinajstić information content (AvgIpc) is 1.95. The van der Waals surface area contributed by atoms with Crippen molar-refractivity contribution in [1.29, 1.82) is 0 Å². The molecule has 0 bridgehead atoms. The van der Waals surface area contributed by atoms with Crippen LogP contribution in [0.3, 0.4) is 0 Å². The van der Waals surface area contributed by atoms with Crippen LogP contribution in [0.25, 0.3) is 0 Å². The molecular weight excluding hydrogens is 230 g/mol. The molecule has 0 N–H and O–H groups in total. The first kappa shape index (κ1) is 17.9. The van der Waals surface area contributed by atoms with Crippen molar-refractivity contribution in [3.63, 3.8) is 0 Å². The third kappa shape index (κ3) is 3.24. The van der Waals surface area contributed by atoms with Crippen LogP contribution in [0.2, 0.25) is 0 Å². The highest BCUT2D eigenvalue weighted by Crippen LogP contribution is 2.59. The van der Waals surface area contributed by atoms with Crippen LogP contribution in [0.4, 0.5) is 8.78 Å². The monoisotopic (exact) mass is 262 g/mol. The molecule has 0 radical (unpaired) electrons. The lowest BCUT2D eigenvalue weighted by Gasteiger charge is -2.53. The molecule has 0 fully saturated rings. The van der Waals surface area contributed by atoms with Crippen LogP contribution in [0.1, 0.15) is 75.7 Å². The van der Waals surface area contributed by atoms with E-state index in [2.05, 4.69) is 20.8 Å². The van der Waals surface area contributed by atoms with Gasteiger partial charge < -0.3 is 0 Å². The number of rotatable bonds is 3. The molecule has 110 valence electrons. The third-order valence-electron chi connectivity index (χ3n) is 4.39. The lowest BCUT2D eigenvalue weighted by atomic mass is 9.55. The van der Waals surface area contributed by atoms with E-state index in [9.17, 15) is 8.78 Å². The van der Waals surface area contributed by atoms with Gasteiger partial charge in [-0.2, -0.15) is 0 Å². The van der Waals surface area contributed by atoms with Gasteiger partial charge in [0, 0.05) is 10.8 Å². The minimum Gasteiger partial charge on any atom is -0.206 e. The SMILES string of the molecule is CC(C)(C)CC(C)(C)C(C)(C)C(F)(F)C(C)(C)C. The molecule has 0 unspecified atom stereocenters. The summed E-state index contributed by atoms with van der Waals surface area (Å²) in [5.41, 5.74) is -2.45. The molecule has 0 nitrogen and oxygen atoms in total. The fraction of sp³-hybridized carbons (Fsp3) is 1.00. The van der Waals surface area contributed by atoms with E-state index in [4.69, 9.17) is 0 Å². The van der Waals surface area contributed by atoms with Gasteiger partial charge in [-0.3, -0.25) is 0 Å². The maximum Gasteiger partial charge on any atom is 0.258 e. The molecule has 0 saturated heterocycles. The van der Waals surface area contributed by atoms with E-state index < -0.39 is 22.2 Å². The van der Waals surface area contributed by atoms with E-state index in [1.165, 1.54) is 0 Å². The molecule has 0 heterocycles. The van der Waals surface area contributed by atoms with Crippen molar-refractivity contribution in [2.75, 3.05) is 0 Å². The van der Waals surface area contributed by atoms with Gasteiger partial charge in [0.1, 0.15) is 0 Å². The zero-order chi connectivity index (χ0) is 15.2. The van der Waals surface area contributed by atoms with E-state index in [0.717, 1.165) is 6.42 Å². The maximum atomic E-state index is 14.8. The number of halogens is 2. The van der Waals surface area contributed by atoms with Crippen LogP contribution < -0.4 is 0 Å².